The van der Waals surface area contributed by atoms with E-state index in [2.05, 4.69) is 17.1 Å². The number of benzene rings is 1. The SMILES string of the molecule is CCN1CCC(CCNC(=O)C(O)c2ccccc2)CC1. The second kappa shape index (κ2) is 8.15. The van der Waals surface area contributed by atoms with Crippen molar-refractivity contribution >= 4 is 5.91 Å². The molecule has 21 heavy (non-hydrogen) atoms. The highest BCUT2D eigenvalue weighted by molar-refractivity contribution is 5.81. The van der Waals surface area contributed by atoms with Gasteiger partial charge in [-0.15, -0.1) is 0 Å². The molecule has 4 nitrogen and oxygen atoms in total. The summed E-state index contributed by atoms with van der Waals surface area (Å²) in [5, 5.41) is 12.8. The number of hydrogen-bond donors (Lipinski definition) is 2. The second-order valence-electron chi connectivity index (χ2n) is 5.77. The van der Waals surface area contributed by atoms with Crippen molar-refractivity contribution in [2.45, 2.75) is 32.3 Å². The van der Waals surface area contributed by atoms with Crippen LogP contribution in [0.1, 0.15) is 37.9 Å². The van der Waals surface area contributed by atoms with Crippen molar-refractivity contribution in [1.29, 1.82) is 0 Å². The molecule has 1 heterocycles. The van der Waals surface area contributed by atoms with Crippen molar-refractivity contribution in [2.75, 3.05) is 26.2 Å². The summed E-state index contributed by atoms with van der Waals surface area (Å²) in [5.41, 5.74) is 0.645. The average Bonchev–Trinajstić information content (AvgIpc) is 2.55. The zero-order valence-corrected chi connectivity index (χ0v) is 12.8. The lowest BCUT2D eigenvalue weighted by atomic mass is 9.93. The summed E-state index contributed by atoms with van der Waals surface area (Å²) < 4.78 is 0. The van der Waals surface area contributed by atoms with Gasteiger partial charge in [-0.05, 0) is 50.4 Å². The fourth-order valence-corrected chi connectivity index (χ4v) is 2.87. The number of carbonyl (C=O) groups is 1. The molecule has 0 spiro atoms. The zero-order valence-electron chi connectivity index (χ0n) is 12.8. The van der Waals surface area contributed by atoms with Gasteiger partial charge >= 0.3 is 0 Å². The average molecular weight is 290 g/mol. The lowest BCUT2D eigenvalue weighted by Crippen LogP contribution is -2.35. The lowest BCUT2D eigenvalue weighted by Gasteiger charge is -2.31. The molecule has 1 saturated heterocycles. The minimum Gasteiger partial charge on any atom is -0.378 e. The largest absolute Gasteiger partial charge is 0.378 e. The number of aliphatic hydroxyl groups excluding tert-OH is 1. The molecule has 1 aromatic carbocycles. The van der Waals surface area contributed by atoms with E-state index >= 15 is 0 Å². The van der Waals surface area contributed by atoms with Gasteiger partial charge < -0.3 is 15.3 Å². The predicted octanol–water partition coefficient (Wildman–Crippen LogP) is 1.96. The molecule has 116 valence electrons. The van der Waals surface area contributed by atoms with Gasteiger partial charge in [0.1, 0.15) is 0 Å². The minimum atomic E-state index is -1.06. The van der Waals surface area contributed by atoms with Crippen LogP contribution >= 0.6 is 0 Å². The Morgan fingerprint density at radius 2 is 2.00 bits per heavy atom. The topological polar surface area (TPSA) is 52.6 Å². The Morgan fingerprint density at radius 3 is 2.62 bits per heavy atom. The number of amides is 1. The van der Waals surface area contributed by atoms with E-state index in [1.54, 1.807) is 12.1 Å². The van der Waals surface area contributed by atoms with E-state index in [1.165, 1.54) is 25.9 Å². The van der Waals surface area contributed by atoms with Crippen LogP contribution < -0.4 is 5.32 Å². The molecule has 1 unspecified atom stereocenters. The van der Waals surface area contributed by atoms with Crippen LogP contribution in [-0.4, -0.2) is 42.1 Å². The molecule has 2 rings (SSSR count). The van der Waals surface area contributed by atoms with Gasteiger partial charge in [0.05, 0.1) is 0 Å². The molecule has 1 atom stereocenters. The Hall–Kier alpha value is -1.39. The van der Waals surface area contributed by atoms with E-state index in [1.807, 2.05) is 18.2 Å². The van der Waals surface area contributed by atoms with Crippen LogP contribution in [0.3, 0.4) is 0 Å². The van der Waals surface area contributed by atoms with Gasteiger partial charge in [0.25, 0.3) is 5.91 Å². The quantitative estimate of drug-likeness (QED) is 0.842. The fraction of sp³-hybridized carbons (Fsp3) is 0.588. The number of carbonyl (C=O) groups excluding carboxylic acids is 1. The van der Waals surface area contributed by atoms with Crippen LogP contribution in [0.5, 0.6) is 0 Å². The van der Waals surface area contributed by atoms with E-state index in [9.17, 15) is 9.90 Å². The number of rotatable bonds is 6. The predicted molar refractivity (Wildman–Crippen MR) is 83.9 cm³/mol. The van der Waals surface area contributed by atoms with Crippen LogP contribution in [-0.2, 0) is 4.79 Å². The van der Waals surface area contributed by atoms with Gasteiger partial charge in [-0.3, -0.25) is 4.79 Å². The first kappa shape index (κ1) is 16.0. The third-order valence-corrected chi connectivity index (χ3v) is 4.37. The first-order valence-electron chi connectivity index (χ1n) is 7.93. The van der Waals surface area contributed by atoms with Crippen LogP contribution in [0.25, 0.3) is 0 Å². The van der Waals surface area contributed by atoms with Crippen molar-refractivity contribution in [1.82, 2.24) is 10.2 Å². The summed E-state index contributed by atoms with van der Waals surface area (Å²) in [7, 11) is 0. The minimum absolute atomic E-state index is 0.299. The molecule has 1 fully saturated rings. The maximum atomic E-state index is 11.9. The molecule has 0 aliphatic carbocycles. The highest BCUT2D eigenvalue weighted by Crippen LogP contribution is 2.19. The molecule has 4 heteroatoms. The number of nitrogens with one attached hydrogen (secondary N) is 1. The van der Waals surface area contributed by atoms with Gasteiger partial charge in [0.2, 0.25) is 0 Å². The summed E-state index contributed by atoms with van der Waals surface area (Å²) in [6, 6.07) is 9.06. The standard InChI is InChI=1S/C17H26N2O2/c1-2-19-12-9-14(10-13-19)8-11-18-17(21)16(20)15-6-4-3-5-7-15/h3-7,14,16,20H,2,8-13H2,1H3,(H,18,21). The van der Waals surface area contributed by atoms with Gasteiger partial charge in [0.15, 0.2) is 6.10 Å². The van der Waals surface area contributed by atoms with E-state index in [4.69, 9.17) is 0 Å². The molecule has 1 aliphatic rings. The molecule has 0 aromatic heterocycles. The van der Waals surface area contributed by atoms with Gasteiger partial charge in [-0.25, -0.2) is 0 Å². The van der Waals surface area contributed by atoms with Crippen molar-refractivity contribution in [2.24, 2.45) is 5.92 Å². The van der Waals surface area contributed by atoms with Crippen molar-refractivity contribution in [3.05, 3.63) is 35.9 Å². The maximum absolute atomic E-state index is 11.9. The molecular formula is C17H26N2O2. The zero-order chi connectivity index (χ0) is 15.1. The third kappa shape index (κ3) is 4.83. The number of aliphatic hydroxyl groups is 1. The maximum Gasteiger partial charge on any atom is 0.253 e. The molecule has 1 amide bonds. The van der Waals surface area contributed by atoms with Crippen LogP contribution in [0.15, 0.2) is 30.3 Å². The molecule has 0 bridgehead atoms. The molecule has 1 aromatic rings. The molecule has 2 N–H and O–H groups in total. The Bertz CT molecular complexity index is 428. The first-order valence-corrected chi connectivity index (χ1v) is 7.93. The smallest absolute Gasteiger partial charge is 0.253 e. The summed E-state index contributed by atoms with van der Waals surface area (Å²) in [5.74, 6) is 0.397. The molecular weight excluding hydrogens is 264 g/mol. The van der Waals surface area contributed by atoms with E-state index in [0.29, 0.717) is 18.0 Å². The van der Waals surface area contributed by atoms with Crippen molar-refractivity contribution in [3.8, 4) is 0 Å². The third-order valence-electron chi connectivity index (χ3n) is 4.37. The number of hydrogen-bond acceptors (Lipinski definition) is 3. The van der Waals surface area contributed by atoms with Crippen molar-refractivity contribution in [3.63, 3.8) is 0 Å². The second-order valence-corrected chi connectivity index (χ2v) is 5.77. The molecule has 0 saturated carbocycles. The molecule has 0 radical (unpaired) electrons. The summed E-state index contributed by atoms with van der Waals surface area (Å²) >= 11 is 0. The van der Waals surface area contributed by atoms with E-state index in [0.717, 1.165) is 13.0 Å². The normalized spacial score (nSPS) is 18.4. The van der Waals surface area contributed by atoms with E-state index < -0.39 is 6.10 Å². The van der Waals surface area contributed by atoms with Gasteiger partial charge in [-0.2, -0.15) is 0 Å². The Labute approximate surface area is 127 Å². The highest BCUT2D eigenvalue weighted by Gasteiger charge is 2.19. The number of likely N-dealkylation sites (tertiary alicyclic amines) is 1. The first-order chi connectivity index (χ1) is 10.2. The summed E-state index contributed by atoms with van der Waals surface area (Å²) in [6.45, 7) is 6.32. The fourth-order valence-electron chi connectivity index (χ4n) is 2.87. The van der Waals surface area contributed by atoms with Crippen molar-refractivity contribution < 1.29 is 9.90 Å². The monoisotopic (exact) mass is 290 g/mol. The summed E-state index contributed by atoms with van der Waals surface area (Å²) in [6.07, 6.45) is 2.37. The van der Waals surface area contributed by atoms with Gasteiger partial charge in [0, 0.05) is 6.54 Å². The van der Waals surface area contributed by atoms with E-state index in [-0.39, 0.29) is 5.91 Å². The summed E-state index contributed by atoms with van der Waals surface area (Å²) in [4.78, 5) is 14.4. The van der Waals surface area contributed by atoms with Crippen LogP contribution in [0, 0.1) is 5.92 Å². The lowest BCUT2D eigenvalue weighted by molar-refractivity contribution is -0.129. The van der Waals surface area contributed by atoms with Crippen LogP contribution in [0.2, 0.25) is 0 Å². The Balaban J connectivity index is 1.68. The molecule has 1 aliphatic heterocycles. The number of nitrogens with zero attached hydrogens (tertiary/aromatic N) is 1. The highest BCUT2D eigenvalue weighted by atomic mass is 16.3. The van der Waals surface area contributed by atoms with Crippen LogP contribution in [0.4, 0.5) is 0 Å². The van der Waals surface area contributed by atoms with Gasteiger partial charge in [-0.1, -0.05) is 37.3 Å². The Morgan fingerprint density at radius 1 is 1.33 bits per heavy atom. The Kier molecular flexibility index (Phi) is 6.21. The number of piperidine rings is 1.